The zero-order valence-electron chi connectivity index (χ0n) is 9.28. The summed E-state index contributed by atoms with van der Waals surface area (Å²) in [5, 5.41) is 0. The van der Waals surface area contributed by atoms with Crippen molar-refractivity contribution in [3.05, 3.63) is 24.3 Å². The maximum Gasteiger partial charge on any atom is 0.142 e. The largest absolute Gasteiger partial charge is 0.488 e. The molecule has 0 saturated heterocycles. The molecule has 15 heavy (non-hydrogen) atoms. The second kappa shape index (κ2) is 4.56. The topological polar surface area (TPSA) is 35.2 Å². The third-order valence-electron chi connectivity index (χ3n) is 3.30. The highest BCUT2D eigenvalue weighted by Crippen LogP contribution is 2.31. The first-order valence-electron chi connectivity index (χ1n) is 5.78. The third-order valence-corrected chi connectivity index (χ3v) is 3.30. The highest BCUT2D eigenvalue weighted by atomic mass is 16.5. The third kappa shape index (κ3) is 2.44. The summed E-state index contributed by atoms with van der Waals surface area (Å²) in [4.78, 5) is 0. The van der Waals surface area contributed by atoms with Crippen molar-refractivity contribution in [2.24, 2.45) is 5.92 Å². The number of rotatable bonds is 3. The molecule has 1 aliphatic rings. The summed E-state index contributed by atoms with van der Waals surface area (Å²) in [6.45, 7) is 2.16. The summed E-state index contributed by atoms with van der Waals surface area (Å²) in [7, 11) is 0. The fourth-order valence-electron chi connectivity index (χ4n) is 2.31. The first-order valence-corrected chi connectivity index (χ1v) is 5.78. The van der Waals surface area contributed by atoms with Crippen molar-refractivity contribution in [1.29, 1.82) is 0 Å². The molecule has 1 aliphatic carbocycles. The number of para-hydroxylation sites is 2. The summed E-state index contributed by atoms with van der Waals surface area (Å²) in [5.74, 6) is 1.54. The van der Waals surface area contributed by atoms with Gasteiger partial charge in [-0.05, 0) is 37.8 Å². The lowest BCUT2D eigenvalue weighted by Gasteiger charge is -2.21. The Morgan fingerprint density at radius 3 is 2.60 bits per heavy atom. The van der Waals surface area contributed by atoms with E-state index in [0.717, 1.165) is 11.4 Å². The number of nitrogen functional groups attached to an aromatic ring is 1. The van der Waals surface area contributed by atoms with Gasteiger partial charge in [0, 0.05) is 0 Å². The molecule has 2 rings (SSSR count). The maximum absolute atomic E-state index is 5.90. The standard InChI is InChI=1S/C13H19NO/c1-10(11-6-2-3-7-11)15-13-9-5-4-8-12(13)14/h4-5,8-11H,2-3,6-7,14H2,1H3. The van der Waals surface area contributed by atoms with E-state index in [1.165, 1.54) is 25.7 Å². The van der Waals surface area contributed by atoms with E-state index in [-0.39, 0.29) is 6.10 Å². The first-order chi connectivity index (χ1) is 7.27. The quantitative estimate of drug-likeness (QED) is 0.769. The zero-order valence-corrected chi connectivity index (χ0v) is 9.28. The van der Waals surface area contributed by atoms with E-state index in [1.54, 1.807) is 0 Å². The van der Waals surface area contributed by atoms with Crippen molar-refractivity contribution in [1.82, 2.24) is 0 Å². The average molecular weight is 205 g/mol. The Hall–Kier alpha value is -1.18. The van der Waals surface area contributed by atoms with Gasteiger partial charge >= 0.3 is 0 Å². The molecule has 0 heterocycles. The molecule has 1 fully saturated rings. The number of hydrogen-bond donors (Lipinski definition) is 1. The number of benzene rings is 1. The SMILES string of the molecule is CC(Oc1ccccc1N)C1CCCC1. The summed E-state index contributed by atoms with van der Waals surface area (Å²) >= 11 is 0. The van der Waals surface area contributed by atoms with Crippen molar-refractivity contribution < 1.29 is 4.74 Å². The van der Waals surface area contributed by atoms with Crippen molar-refractivity contribution in [2.75, 3.05) is 5.73 Å². The molecule has 0 radical (unpaired) electrons. The Kier molecular flexibility index (Phi) is 3.14. The van der Waals surface area contributed by atoms with Crippen LogP contribution in [0.5, 0.6) is 5.75 Å². The maximum atomic E-state index is 5.90. The Labute approximate surface area is 91.4 Å². The molecular formula is C13H19NO. The van der Waals surface area contributed by atoms with E-state index in [4.69, 9.17) is 10.5 Å². The molecule has 1 unspecified atom stereocenters. The van der Waals surface area contributed by atoms with Crippen LogP contribution in [0.15, 0.2) is 24.3 Å². The van der Waals surface area contributed by atoms with Crippen LogP contribution in [-0.4, -0.2) is 6.10 Å². The monoisotopic (exact) mass is 205 g/mol. The van der Waals surface area contributed by atoms with Gasteiger partial charge in [0.15, 0.2) is 0 Å². The zero-order chi connectivity index (χ0) is 10.7. The molecule has 0 bridgehead atoms. The van der Waals surface area contributed by atoms with Crippen LogP contribution in [0.25, 0.3) is 0 Å². The molecular weight excluding hydrogens is 186 g/mol. The van der Waals surface area contributed by atoms with Gasteiger partial charge in [0.25, 0.3) is 0 Å². The minimum Gasteiger partial charge on any atom is -0.488 e. The van der Waals surface area contributed by atoms with Crippen LogP contribution in [0, 0.1) is 5.92 Å². The molecule has 2 N–H and O–H groups in total. The minimum absolute atomic E-state index is 0.289. The molecule has 0 aromatic heterocycles. The van der Waals surface area contributed by atoms with Crippen LogP contribution in [0.1, 0.15) is 32.6 Å². The van der Waals surface area contributed by atoms with E-state index < -0.39 is 0 Å². The van der Waals surface area contributed by atoms with Crippen LogP contribution >= 0.6 is 0 Å². The normalized spacial score (nSPS) is 19.0. The van der Waals surface area contributed by atoms with Gasteiger partial charge in [-0.1, -0.05) is 25.0 Å². The summed E-state index contributed by atoms with van der Waals surface area (Å²) in [6.07, 6.45) is 5.59. The molecule has 1 saturated carbocycles. The van der Waals surface area contributed by atoms with E-state index in [9.17, 15) is 0 Å². The fourth-order valence-corrected chi connectivity index (χ4v) is 2.31. The van der Waals surface area contributed by atoms with E-state index in [1.807, 2.05) is 24.3 Å². The predicted molar refractivity (Wildman–Crippen MR) is 62.9 cm³/mol. The van der Waals surface area contributed by atoms with Gasteiger partial charge in [0.2, 0.25) is 0 Å². The van der Waals surface area contributed by atoms with Gasteiger partial charge in [0.1, 0.15) is 5.75 Å². The second-order valence-electron chi connectivity index (χ2n) is 4.41. The predicted octanol–water partition coefficient (Wildman–Crippen LogP) is 3.23. The summed E-state index contributed by atoms with van der Waals surface area (Å²) < 4.78 is 5.90. The number of nitrogens with two attached hydrogens (primary N) is 1. The number of ether oxygens (including phenoxy) is 1. The number of anilines is 1. The Morgan fingerprint density at radius 2 is 1.93 bits per heavy atom. The summed E-state index contributed by atoms with van der Waals surface area (Å²) in [6, 6.07) is 7.73. The highest BCUT2D eigenvalue weighted by molar-refractivity contribution is 5.51. The molecule has 0 aliphatic heterocycles. The van der Waals surface area contributed by atoms with Gasteiger partial charge in [0.05, 0.1) is 11.8 Å². The molecule has 82 valence electrons. The van der Waals surface area contributed by atoms with Crippen LogP contribution in [0.3, 0.4) is 0 Å². The van der Waals surface area contributed by atoms with Crippen LogP contribution in [0.4, 0.5) is 5.69 Å². The van der Waals surface area contributed by atoms with Gasteiger partial charge in [-0.25, -0.2) is 0 Å². The van der Waals surface area contributed by atoms with E-state index >= 15 is 0 Å². The first kappa shape index (κ1) is 10.3. The van der Waals surface area contributed by atoms with Crippen molar-refractivity contribution in [3.63, 3.8) is 0 Å². The highest BCUT2D eigenvalue weighted by Gasteiger charge is 2.23. The summed E-state index contributed by atoms with van der Waals surface area (Å²) in [5.41, 5.74) is 6.58. The van der Waals surface area contributed by atoms with Crippen LogP contribution < -0.4 is 10.5 Å². The average Bonchev–Trinajstić information content (AvgIpc) is 2.74. The van der Waals surface area contributed by atoms with Gasteiger partial charge in [-0.3, -0.25) is 0 Å². The Bertz CT molecular complexity index is 318. The van der Waals surface area contributed by atoms with Crippen LogP contribution in [0.2, 0.25) is 0 Å². The smallest absolute Gasteiger partial charge is 0.142 e. The Morgan fingerprint density at radius 1 is 1.27 bits per heavy atom. The van der Waals surface area contributed by atoms with Crippen molar-refractivity contribution in [3.8, 4) is 5.75 Å². The molecule has 1 atom stereocenters. The molecule has 0 amide bonds. The molecule has 2 nitrogen and oxygen atoms in total. The van der Waals surface area contributed by atoms with Gasteiger partial charge < -0.3 is 10.5 Å². The molecule has 2 heteroatoms. The molecule has 1 aromatic carbocycles. The van der Waals surface area contributed by atoms with E-state index in [2.05, 4.69) is 6.92 Å². The molecule has 1 aromatic rings. The fraction of sp³-hybridized carbons (Fsp3) is 0.538. The second-order valence-corrected chi connectivity index (χ2v) is 4.41. The van der Waals surface area contributed by atoms with E-state index in [0.29, 0.717) is 5.92 Å². The Balaban J connectivity index is 1.99. The molecule has 0 spiro atoms. The lowest BCUT2D eigenvalue weighted by Crippen LogP contribution is -2.21. The lowest BCUT2D eigenvalue weighted by molar-refractivity contribution is 0.155. The lowest BCUT2D eigenvalue weighted by atomic mass is 10.0. The van der Waals surface area contributed by atoms with Gasteiger partial charge in [-0.15, -0.1) is 0 Å². The minimum atomic E-state index is 0.289. The van der Waals surface area contributed by atoms with Gasteiger partial charge in [-0.2, -0.15) is 0 Å². The number of hydrogen-bond acceptors (Lipinski definition) is 2. The van der Waals surface area contributed by atoms with Crippen molar-refractivity contribution >= 4 is 5.69 Å². The van der Waals surface area contributed by atoms with Crippen LogP contribution in [-0.2, 0) is 0 Å². The van der Waals surface area contributed by atoms with Crippen molar-refractivity contribution in [2.45, 2.75) is 38.7 Å².